The van der Waals surface area contributed by atoms with E-state index < -0.39 is 18.1 Å². The summed E-state index contributed by atoms with van der Waals surface area (Å²) in [5, 5.41) is 3.65. The fraction of sp³-hybridized carbons (Fsp3) is 0.280. The SMILES string of the molecule is O=C(NC1CN(c2ccc(N3CCOCC3=O)c(Cl)c2)C(=O)C1Cc1ccccn1)Oc1ccc(Br)s1. The average molecular weight is 606 g/mol. The van der Waals surface area contributed by atoms with Crippen molar-refractivity contribution in [3.63, 3.8) is 0 Å². The minimum atomic E-state index is -0.640. The van der Waals surface area contributed by atoms with Crippen molar-refractivity contribution in [3.05, 3.63) is 69.2 Å². The maximum Gasteiger partial charge on any atom is 0.413 e. The van der Waals surface area contributed by atoms with Crippen LogP contribution in [0.3, 0.4) is 0 Å². The highest BCUT2D eigenvalue weighted by Gasteiger charge is 2.42. The van der Waals surface area contributed by atoms with Crippen molar-refractivity contribution in [2.45, 2.75) is 12.5 Å². The van der Waals surface area contributed by atoms with Gasteiger partial charge in [-0.25, -0.2) is 4.79 Å². The third-order valence-electron chi connectivity index (χ3n) is 6.17. The number of nitrogens with one attached hydrogen (secondary N) is 1. The Labute approximate surface area is 230 Å². The molecule has 0 aliphatic carbocycles. The van der Waals surface area contributed by atoms with Gasteiger partial charge in [0.1, 0.15) is 6.61 Å². The summed E-state index contributed by atoms with van der Waals surface area (Å²) in [5.41, 5.74) is 1.88. The molecule has 0 spiro atoms. The van der Waals surface area contributed by atoms with Crippen LogP contribution < -0.4 is 19.9 Å². The number of morpholine rings is 1. The Hall–Kier alpha value is -2.99. The first-order chi connectivity index (χ1) is 17.9. The maximum absolute atomic E-state index is 13.6. The second-order valence-corrected chi connectivity index (χ2v) is 11.3. The van der Waals surface area contributed by atoms with E-state index in [2.05, 4.69) is 26.2 Å². The molecule has 37 heavy (non-hydrogen) atoms. The van der Waals surface area contributed by atoms with Gasteiger partial charge in [0.05, 0.1) is 33.1 Å². The van der Waals surface area contributed by atoms with E-state index in [1.54, 1.807) is 52.4 Å². The number of hydrogen-bond donors (Lipinski definition) is 1. The Morgan fingerprint density at radius 3 is 2.78 bits per heavy atom. The Kier molecular flexibility index (Phi) is 7.75. The van der Waals surface area contributed by atoms with Crippen molar-refractivity contribution < 1.29 is 23.9 Å². The molecule has 2 unspecified atom stereocenters. The monoisotopic (exact) mass is 604 g/mol. The highest BCUT2D eigenvalue weighted by atomic mass is 79.9. The summed E-state index contributed by atoms with van der Waals surface area (Å²) in [7, 11) is 0. The van der Waals surface area contributed by atoms with Crippen LogP contribution in [0.5, 0.6) is 5.06 Å². The van der Waals surface area contributed by atoms with Gasteiger partial charge in [-0.3, -0.25) is 14.6 Å². The molecule has 0 saturated carbocycles. The quantitative estimate of drug-likeness (QED) is 0.450. The third kappa shape index (κ3) is 5.80. The van der Waals surface area contributed by atoms with E-state index in [0.717, 1.165) is 9.48 Å². The number of carbonyl (C=O) groups excluding carboxylic acids is 3. The molecule has 4 heterocycles. The van der Waals surface area contributed by atoms with Crippen molar-refractivity contribution in [3.8, 4) is 5.06 Å². The molecule has 3 aromatic rings. The van der Waals surface area contributed by atoms with E-state index in [9.17, 15) is 14.4 Å². The highest BCUT2D eigenvalue weighted by molar-refractivity contribution is 9.11. The van der Waals surface area contributed by atoms with E-state index in [0.29, 0.717) is 41.0 Å². The summed E-state index contributed by atoms with van der Waals surface area (Å²) in [5.74, 6) is -0.896. The zero-order valence-corrected chi connectivity index (χ0v) is 22.6. The molecule has 1 N–H and O–H groups in total. The lowest BCUT2D eigenvalue weighted by Gasteiger charge is -2.28. The molecular formula is C25H22BrClN4O5S. The van der Waals surface area contributed by atoms with Gasteiger partial charge >= 0.3 is 6.09 Å². The normalized spacial score (nSPS) is 19.8. The van der Waals surface area contributed by atoms with Gasteiger partial charge in [0.15, 0.2) is 5.06 Å². The molecule has 2 aliphatic rings. The zero-order chi connectivity index (χ0) is 25.9. The summed E-state index contributed by atoms with van der Waals surface area (Å²) in [6, 6.07) is 13.6. The number of amides is 3. The Morgan fingerprint density at radius 1 is 1.22 bits per heavy atom. The Bertz CT molecular complexity index is 1320. The van der Waals surface area contributed by atoms with Crippen molar-refractivity contribution in [1.82, 2.24) is 10.3 Å². The Morgan fingerprint density at radius 2 is 2.08 bits per heavy atom. The molecule has 2 atom stereocenters. The van der Waals surface area contributed by atoms with Crippen LogP contribution in [-0.4, -0.2) is 55.2 Å². The first-order valence-electron chi connectivity index (χ1n) is 11.5. The molecule has 0 bridgehead atoms. The van der Waals surface area contributed by atoms with Gasteiger partial charge in [0, 0.05) is 37.1 Å². The minimum absolute atomic E-state index is 0.00374. The van der Waals surface area contributed by atoms with Gasteiger partial charge in [0.2, 0.25) is 5.91 Å². The molecule has 2 saturated heterocycles. The summed E-state index contributed by atoms with van der Waals surface area (Å²) in [4.78, 5) is 46.0. The van der Waals surface area contributed by atoms with Crippen molar-refractivity contribution in [2.75, 3.05) is 36.1 Å². The molecule has 9 nitrogen and oxygen atoms in total. The van der Waals surface area contributed by atoms with Gasteiger partial charge in [-0.05, 0) is 58.4 Å². The number of ether oxygens (including phenoxy) is 2. The number of pyridine rings is 1. The second kappa shape index (κ2) is 11.2. The first-order valence-corrected chi connectivity index (χ1v) is 13.5. The molecular weight excluding hydrogens is 584 g/mol. The van der Waals surface area contributed by atoms with Crippen LogP contribution >= 0.6 is 38.9 Å². The van der Waals surface area contributed by atoms with E-state index >= 15 is 0 Å². The van der Waals surface area contributed by atoms with Gasteiger partial charge < -0.3 is 24.6 Å². The lowest BCUT2D eigenvalue weighted by atomic mass is 9.97. The molecule has 0 radical (unpaired) electrons. The molecule has 1 aromatic carbocycles. The number of hydrogen-bond acceptors (Lipinski definition) is 7. The maximum atomic E-state index is 13.6. The summed E-state index contributed by atoms with van der Waals surface area (Å²) in [6.07, 6.45) is 1.38. The number of benzene rings is 1. The number of rotatable bonds is 6. The van der Waals surface area contributed by atoms with Gasteiger partial charge in [0.25, 0.3) is 5.91 Å². The fourth-order valence-electron chi connectivity index (χ4n) is 4.42. The molecule has 2 aliphatic heterocycles. The van der Waals surface area contributed by atoms with E-state index in [-0.39, 0.29) is 25.0 Å². The van der Waals surface area contributed by atoms with Crippen molar-refractivity contribution >= 4 is 68.2 Å². The summed E-state index contributed by atoms with van der Waals surface area (Å²) < 4.78 is 11.4. The van der Waals surface area contributed by atoms with E-state index in [1.165, 1.54) is 11.3 Å². The smallest absolute Gasteiger partial charge is 0.399 e. The number of thiophene rings is 1. The summed E-state index contributed by atoms with van der Waals surface area (Å²) >= 11 is 11.2. The van der Waals surface area contributed by atoms with Crippen LogP contribution in [0.4, 0.5) is 16.2 Å². The number of halogens is 2. The van der Waals surface area contributed by atoms with Gasteiger partial charge in [-0.1, -0.05) is 29.0 Å². The van der Waals surface area contributed by atoms with Crippen LogP contribution in [0.2, 0.25) is 5.02 Å². The first kappa shape index (κ1) is 25.7. The third-order valence-corrected chi connectivity index (χ3v) is 7.97. The van der Waals surface area contributed by atoms with E-state index in [4.69, 9.17) is 21.1 Å². The van der Waals surface area contributed by atoms with Crippen LogP contribution in [0.1, 0.15) is 5.69 Å². The minimum Gasteiger partial charge on any atom is -0.399 e. The van der Waals surface area contributed by atoms with Gasteiger partial charge in [-0.2, -0.15) is 0 Å². The zero-order valence-electron chi connectivity index (χ0n) is 19.4. The number of aromatic nitrogens is 1. The molecule has 5 rings (SSSR count). The molecule has 192 valence electrons. The molecule has 12 heteroatoms. The lowest BCUT2D eigenvalue weighted by Crippen LogP contribution is -2.42. The number of nitrogens with zero attached hydrogens (tertiary/aromatic N) is 3. The predicted octanol–water partition coefficient (Wildman–Crippen LogP) is 4.28. The predicted molar refractivity (Wildman–Crippen MR) is 143 cm³/mol. The number of carbonyl (C=O) groups is 3. The van der Waals surface area contributed by atoms with Crippen LogP contribution in [0, 0.1) is 5.92 Å². The molecule has 2 aromatic heterocycles. The van der Waals surface area contributed by atoms with E-state index in [1.807, 2.05) is 12.1 Å². The Balaban J connectivity index is 1.37. The molecule has 2 fully saturated rings. The summed E-state index contributed by atoms with van der Waals surface area (Å²) in [6.45, 7) is 1.06. The van der Waals surface area contributed by atoms with Crippen LogP contribution in [-0.2, 0) is 20.7 Å². The van der Waals surface area contributed by atoms with Gasteiger partial charge in [-0.15, -0.1) is 0 Å². The highest BCUT2D eigenvalue weighted by Crippen LogP contribution is 2.35. The molecule has 3 amide bonds. The van der Waals surface area contributed by atoms with Crippen molar-refractivity contribution in [2.24, 2.45) is 5.92 Å². The van der Waals surface area contributed by atoms with Crippen LogP contribution in [0.25, 0.3) is 0 Å². The largest absolute Gasteiger partial charge is 0.413 e. The topological polar surface area (TPSA) is 101 Å². The fourth-order valence-corrected chi connectivity index (χ4v) is 5.89. The number of anilines is 2. The van der Waals surface area contributed by atoms with Crippen LogP contribution in [0.15, 0.2) is 58.5 Å². The standard InChI is InChI=1S/C25H22BrClN4O5S/c26-21-6-7-23(37-21)36-25(34)29-19-13-31(24(33)17(19)11-15-3-1-2-8-28-15)16-4-5-20(18(27)12-16)30-9-10-35-14-22(30)32/h1-8,12,17,19H,9-11,13-14H2,(H,29,34). The second-order valence-electron chi connectivity index (χ2n) is 8.51. The average Bonchev–Trinajstić information content (AvgIpc) is 3.42. The lowest BCUT2D eigenvalue weighted by molar-refractivity contribution is -0.125. The van der Waals surface area contributed by atoms with Crippen molar-refractivity contribution in [1.29, 1.82) is 0 Å².